The molecule has 0 saturated carbocycles. The molecule has 0 fully saturated rings. The third kappa shape index (κ3) is 2.90. The molecular weight excluding hydrogens is 284 g/mol. The molecule has 0 atom stereocenters. The van der Waals surface area contributed by atoms with E-state index in [0.717, 1.165) is 33.9 Å². The second kappa shape index (κ2) is 5.58. The van der Waals surface area contributed by atoms with Crippen LogP contribution >= 0.6 is 11.6 Å². The Morgan fingerprint density at radius 2 is 1.86 bits per heavy atom. The molecule has 4 nitrogen and oxygen atoms in total. The van der Waals surface area contributed by atoms with Crippen LogP contribution in [0.15, 0.2) is 48.8 Å². The first-order chi connectivity index (χ1) is 10.1. The monoisotopic (exact) mass is 298 g/mol. The van der Waals surface area contributed by atoms with Crippen LogP contribution in [0, 0.1) is 0 Å². The zero-order valence-electron chi connectivity index (χ0n) is 11.6. The van der Waals surface area contributed by atoms with Gasteiger partial charge in [-0.05, 0) is 35.9 Å². The highest BCUT2D eigenvalue weighted by molar-refractivity contribution is 6.30. The van der Waals surface area contributed by atoms with Crippen LogP contribution in [0.4, 0.5) is 11.5 Å². The Morgan fingerprint density at radius 3 is 2.62 bits per heavy atom. The van der Waals surface area contributed by atoms with Crippen LogP contribution in [-0.2, 0) is 6.54 Å². The smallest absolute Gasteiger partial charge is 0.139 e. The summed E-state index contributed by atoms with van der Waals surface area (Å²) in [6, 6.07) is 13.5. The molecule has 3 aromatic rings. The van der Waals surface area contributed by atoms with Crippen molar-refractivity contribution in [2.45, 2.75) is 6.54 Å². The van der Waals surface area contributed by atoms with Crippen LogP contribution in [0.1, 0.15) is 5.56 Å². The fraction of sp³-hybridized carbons (Fsp3) is 0.125. The summed E-state index contributed by atoms with van der Waals surface area (Å²) in [6.45, 7) is 0.734. The van der Waals surface area contributed by atoms with Gasteiger partial charge < -0.3 is 10.6 Å². The van der Waals surface area contributed by atoms with E-state index in [0.29, 0.717) is 5.69 Å². The number of nitrogens with zero attached hydrogens (tertiary/aromatic N) is 3. The maximum atomic E-state index is 5.91. The normalized spacial score (nSPS) is 10.8. The number of anilines is 2. The molecule has 2 aromatic carbocycles. The fourth-order valence-electron chi connectivity index (χ4n) is 2.30. The molecule has 5 heteroatoms. The number of benzene rings is 2. The molecule has 0 spiro atoms. The van der Waals surface area contributed by atoms with Gasteiger partial charge in [-0.2, -0.15) is 0 Å². The van der Waals surface area contributed by atoms with Crippen LogP contribution in [0.5, 0.6) is 0 Å². The van der Waals surface area contributed by atoms with Gasteiger partial charge in [-0.25, -0.2) is 9.97 Å². The second-order valence-corrected chi connectivity index (χ2v) is 5.39. The number of aromatic nitrogens is 2. The highest BCUT2D eigenvalue weighted by Gasteiger charge is 2.09. The number of halogens is 1. The largest absolute Gasteiger partial charge is 0.399 e. The zero-order valence-corrected chi connectivity index (χ0v) is 12.4. The third-order valence-electron chi connectivity index (χ3n) is 3.33. The van der Waals surface area contributed by atoms with E-state index in [1.54, 1.807) is 6.33 Å². The minimum atomic E-state index is 0.707. The van der Waals surface area contributed by atoms with E-state index in [1.807, 2.05) is 49.5 Å². The van der Waals surface area contributed by atoms with Crippen molar-refractivity contribution in [1.29, 1.82) is 0 Å². The lowest BCUT2D eigenvalue weighted by Gasteiger charge is -2.20. The van der Waals surface area contributed by atoms with Gasteiger partial charge in [-0.1, -0.05) is 23.7 Å². The summed E-state index contributed by atoms with van der Waals surface area (Å²) in [7, 11) is 2.00. The first kappa shape index (κ1) is 13.6. The van der Waals surface area contributed by atoms with E-state index in [4.69, 9.17) is 17.3 Å². The lowest BCUT2D eigenvalue weighted by Crippen LogP contribution is -2.18. The van der Waals surface area contributed by atoms with Gasteiger partial charge in [-0.3, -0.25) is 0 Å². The average molecular weight is 299 g/mol. The van der Waals surface area contributed by atoms with E-state index >= 15 is 0 Å². The number of nitrogens with two attached hydrogens (primary N) is 1. The van der Waals surface area contributed by atoms with E-state index in [1.165, 1.54) is 0 Å². The van der Waals surface area contributed by atoms with E-state index in [9.17, 15) is 0 Å². The lowest BCUT2D eigenvalue weighted by atomic mass is 10.2. The van der Waals surface area contributed by atoms with E-state index in [2.05, 4.69) is 14.9 Å². The Hall–Kier alpha value is -2.33. The van der Waals surface area contributed by atoms with Gasteiger partial charge in [0, 0.05) is 29.7 Å². The van der Waals surface area contributed by atoms with Crippen LogP contribution in [-0.4, -0.2) is 17.0 Å². The molecule has 0 bridgehead atoms. The molecule has 3 rings (SSSR count). The molecular formula is C16H15ClN4. The van der Waals surface area contributed by atoms with Gasteiger partial charge >= 0.3 is 0 Å². The molecule has 0 amide bonds. The molecule has 0 aliphatic rings. The summed E-state index contributed by atoms with van der Waals surface area (Å²) < 4.78 is 0. The Kier molecular flexibility index (Phi) is 3.62. The second-order valence-electron chi connectivity index (χ2n) is 4.96. The molecule has 0 radical (unpaired) electrons. The Balaban J connectivity index is 1.95. The van der Waals surface area contributed by atoms with Gasteiger partial charge in [0.2, 0.25) is 0 Å². The molecule has 2 N–H and O–H groups in total. The van der Waals surface area contributed by atoms with E-state index in [-0.39, 0.29) is 0 Å². The average Bonchev–Trinajstić information content (AvgIpc) is 2.49. The maximum Gasteiger partial charge on any atom is 0.139 e. The standard InChI is InChI=1S/C16H15ClN4/c1-21(9-11-2-4-12(17)5-3-11)16-14-8-13(18)6-7-15(14)19-10-20-16/h2-8,10H,9,18H2,1H3. The van der Waals surface area contributed by atoms with Gasteiger partial charge in [0.25, 0.3) is 0 Å². The molecule has 0 saturated heterocycles. The highest BCUT2D eigenvalue weighted by Crippen LogP contribution is 2.25. The van der Waals surface area contributed by atoms with Crippen LogP contribution in [0.3, 0.4) is 0 Å². The Bertz CT molecular complexity index is 771. The molecule has 21 heavy (non-hydrogen) atoms. The molecule has 0 aliphatic carbocycles. The summed E-state index contributed by atoms with van der Waals surface area (Å²) in [6.07, 6.45) is 1.58. The van der Waals surface area contributed by atoms with Crippen molar-refractivity contribution >= 4 is 34.0 Å². The quantitative estimate of drug-likeness (QED) is 0.752. The number of fused-ring (bicyclic) bond motifs is 1. The lowest BCUT2D eigenvalue weighted by molar-refractivity contribution is 0.900. The van der Waals surface area contributed by atoms with Crippen molar-refractivity contribution in [2.75, 3.05) is 17.7 Å². The van der Waals surface area contributed by atoms with Gasteiger partial charge in [0.15, 0.2) is 0 Å². The molecule has 106 valence electrons. The highest BCUT2D eigenvalue weighted by atomic mass is 35.5. The maximum absolute atomic E-state index is 5.91. The topological polar surface area (TPSA) is 55.0 Å². The van der Waals surface area contributed by atoms with Gasteiger partial charge in [0.1, 0.15) is 12.1 Å². The van der Waals surface area contributed by atoms with Crippen molar-refractivity contribution in [1.82, 2.24) is 9.97 Å². The molecule has 1 aromatic heterocycles. The molecule has 0 aliphatic heterocycles. The first-order valence-corrected chi connectivity index (χ1v) is 6.97. The predicted octanol–water partition coefficient (Wildman–Crippen LogP) is 3.50. The van der Waals surface area contributed by atoms with Gasteiger partial charge in [0.05, 0.1) is 5.52 Å². The number of hydrogen-bond acceptors (Lipinski definition) is 4. The summed E-state index contributed by atoms with van der Waals surface area (Å²) in [4.78, 5) is 10.7. The van der Waals surface area contributed by atoms with Crippen molar-refractivity contribution in [3.63, 3.8) is 0 Å². The Labute approximate surface area is 128 Å². The van der Waals surface area contributed by atoms with Crippen LogP contribution in [0.2, 0.25) is 5.02 Å². The number of nitrogen functional groups attached to an aromatic ring is 1. The zero-order chi connectivity index (χ0) is 14.8. The summed E-state index contributed by atoms with van der Waals surface area (Å²) in [5, 5.41) is 1.69. The third-order valence-corrected chi connectivity index (χ3v) is 3.58. The summed E-state index contributed by atoms with van der Waals surface area (Å²) in [5.41, 5.74) is 8.63. The summed E-state index contributed by atoms with van der Waals surface area (Å²) in [5.74, 6) is 0.863. The van der Waals surface area contributed by atoms with Gasteiger partial charge in [-0.15, -0.1) is 0 Å². The minimum absolute atomic E-state index is 0.707. The summed E-state index contributed by atoms with van der Waals surface area (Å²) >= 11 is 5.91. The van der Waals surface area contributed by atoms with Crippen molar-refractivity contribution in [3.8, 4) is 0 Å². The van der Waals surface area contributed by atoms with Crippen LogP contribution in [0.25, 0.3) is 10.9 Å². The molecule has 0 unspecified atom stereocenters. The van der Waals surface area contributed by atoms with Crippen LogP contribution < -0.4 is 10.6 Å². The molecule has 1 heterocycles. The van der Waals surface area contributed by atoms with E-state index < -0.39 is 0 Å². The van der Waals surface area contributed by atoms with Crippen molar-refractivity contribution in [3.05, 3.63) is 59.4 Å². The first-order valence-electron chi connectivity index (χ1n) is 6.59. The number of rotatable bonds is 3. The predicted molar refractivity (Wildman–Crippen MR) is 87.5 cm³/mol. The minimum Gasteiger partial charge on any atom is -0.399 e. The number of hydrogen-bond donors (Lipinski definition) is 1. The SMILES string of the molecule is CN(Cc1ccc(Cl)cc1)c1ncnc2ccc(N)cc12. The van der Waals surface area contributed by atoms with Crippen molar-refractivity contribution < 1.29 is 0 Å². The Morgan fingerprint density at radius 1 is 1.10 bits per heavy atom. The van der Waals surface area contributed by atoms with Crippen molar-refractivity contribution in [2.24, 2.45) is 0 Å². The fourth-order valence-corrected chi connectivity index (χ4v) is 2.43.